The summed E-state index contributed by atoms with van der Waals surface area (Å²) in [6.45, 7) is 5.66. The Morgan fingerprint density at radius 2 is 2.14 bits per heavy atom. The van der Waals surface area contributed by atoms with Gasteiger partial charge < -0.3 is 15.4 Å². The number of carbonyl (C=O) groups is 1. The monoisotopic (exact) mass is 288 g/mol. The number of aryl methyl sites for hydroxylation is 2. The lowest BCUT2D eigenvalue weighted by molar-refractivity contribution is -0.122. The molecule has 0 aromatic heterocycles. The third kappa shape index (κ3) is 2.97. The number of hydrogen-bond donors (Lipinski definition) is 1. The van der Waals surface area contributed by atoms with Crippen LogP contribution in [-0.2, 0) is 17.6 Å². The number of nitrogens with zero attached hydrogens (tertiary/aromatic N) is 1. The van der Waals surface area contributed by atoms with Gasteiger partial charge in [0.25, 0.3) is 5.91 Å². The maximum Gasteiger partial charge on any atom is 0.254 e. The maximum absolute atomic E-state index is 12.8. The zero-order valence-electron chi connectivity index (χ0n) is 12.9. The van der Waals surface area contributed by atoms with Gasteiger partial charge in [-0.15, -0.1) is 0 Å². The molecule has 3 rings (SSSR count). The van der Waals surface area contributed by atoms with Crippen LogP contribution in [0.4, 0.5) is 0 Å². The molecular weight excluding hydrogens is 264 g/mol. The number of carbonyl (C=O) groups excluding carboxylic acids is 1. The number of fused-ring (bicyclic) bond motifs is 1. The summed E-state index contributed by atoms with van der Waals surface area (Å²) in [5.41, 5.74) is 8.93. The Hall–Kier alpha value is -1.39. The highest BCUT2D eigenvalue weighted by atomic mass is 16.5. The Balaban J connectivity index is 1.81. The molecule has 0 bridgehead atoms. The van der Waals surface area contributed by atoms with E-state index in [9.17, 15) is 4.79 Å². The van der Waals surface area contributed by atoms with Crippen molar-refractivity contribution >= 4 is 5.91 Å². The lowest BCUT2D eigenvalue weighted by Gasteiger charge is -2.42. The molecule has 21 heavy (non-hydrogen) atoms. The number of nitrogens with two attached hydrogens (primary N) is 1. The average molecular weight is 288 g/mol. The number of hydrogen-bond acceptors (Lipinski definition) is 3. The molecular formula is C17H24N2O2. The van der Waals surface area contributed by atoms with Crippen molar-refractivity contribution < 1.29 is 9.53 Å². The van der Waals surface area contributed by atoms with Crippen LogP contribution in [0.15, 0.2) is 18.2 Å². The van der Waals surface area contributed by atoms with E-state index in [2.05, 4.69) is 12.1 Å². The van der Waals surface area contributed by atoms with Crippen molar-refractivity contribution in [3.8, 4) is 0 Å². The first kappa shape index (κ1) is 14.5. The molecule has 0 spiro atoms. The SMILES string of the molecule is CC1(C)CN(C(=O)c2ccc3c(c2)CCC3)CC(CN)O1. The summed E-state index contributed by atoms with van der Waals surface area (Å²) >= 11 is 0. The summed E-state index contributed by atoms with van der Waals surface area (Å²) in [7, 11) is 0. The first-order valence-corrected chi connectivity index (χ1v) is 7.77. The van der Waals surface area contributed by atoms with E-state index >= 15 is 0 Å². The second-order valence-corrected chi connectivity index (χ2v) is 6.76. The highest BCUT2D eigenvalue weighted by Gasteiger charge is 2.35. The third-order valence-electron chi connectivity index (χ3n) is 4.38. The first-order valence-electron chi connectivity index (χ1n) is 7.77. The molecule has 4 heteroatoms. The van der Waals surface area contributed by atoms with Crippen molar-refractivity contribution in [1.82, 2.24) is 4.90 Å². The third-order valence-corrected chi connectivity index (χ3v) is 4.38. The van der Waals surface area contributed by atoms with E-state index in [1.165, 1.54) is 17.5 Å². The Kier molecular flexibility index (Phi) is 3.76. The minimum Gasteiger partial charge on any atom is -0.367 e. The van der Waals surface area contributed by atoms with Gasteiger partial charge in [0.15, 0.2) is 0 Å². The molecule has 2 aliphatic rings. The molecule has 4 nitrogen and oxygen atoms in total. The smallest absolute Gasteiger partial charge is 0.254 e. The van der Waals surface area contributed by atoms with Crippen LogP contribution in [0, 0.1) is 0 Å². The quantitative estimate of drug-likeness (QED) is 0.902. The fourth-order valence-electron chi connectivity index (χ4n) is 3.46. The van der Waals surface area contributed by atoms with Gasteiger partial charge in [-0.2, -0.15) is 0 Å². The molecule has 1 aliphatic heterocycles. The predicted molar refractivity (Wildman–Crippen MR) is 82.4 cm³/mol. The van der Waals surface area contributed by atoms with E-state index in [1.54, 1.807) is 0 Å². The highest BCUT2D eigenvalue weighted by molar-refractivity contribution is 5.94. The largest absolute Gasteiger partial charge is 0.367 e. The van der Waals surface area contributed by atoms with Gasteiger partial charge in [-0.1, -0.05) is 6.07 Å². The predicted octanol–water partition coefficient (Wildman–Crippen LogP) is 1.75. The second kappa shape index (κ2) is 5.43. The van der Waals surface area contributed by atoms with Crippen molar-refractivity contribution in [2.75, 3.05) is 19.6 Å². The van der Waals surface area contributed by atoms with Crippen molar-refractivity contribution in [3.63, 3.8) is 0 Å². The molecule has 1 saturated heterocycles. The maximum atomic E-state index is 12.8. The van der Waals surface area contributed by atoms with Gasteiger partial charge in [0.2, 0.25) is 0 Å². The molecule has 1 unspecified atom stereocenters. The van der Waals surface area contributed by atoms with Gasteiger partial charge >= 0.3 is 0 Å². The number of benzene rings is 1. The molecule has 1 fully saturated rings. The van der Waals surface area contributed by atoms with E-state index < -0.39 is 0 Å². The van der Waals surface area contributed by atoms with Gasteiger partial charge in [0, 0.05) is 25.2 Å². The van der Waals surface area contributed by atoms with Crippen LogP contribution in [0.2, 0.25) is 0 Å². The Labute approximate surface area is 126 Å². The standard InChI is InChI=1S/C17H24N2O2/c1-17(2)11-19(10-15(9-18)21-17)16(20)14-7-6-12-4-3-5-13(12)8-14/h6-8,15H,3-5,9-11,18H2,1-2H3. The fourth-order valence-corrected chi connectivity index (χ4v) is 3.46. The molecule has 1 aliphatic carbocycles. The normalized spacial score (nSPS) is 24.0. The van der Waals surface area contributed by atoms with Crippen molar-refractivity contribution in [2.24, 2.45) is 5.73 Å². The minimum atomic E-state index is -0.339. The topological polar surface area (TPSA) is 55.6 Å². The van der Waals surface area contributed by atoms with E-state index in [1.807, 2.05) is 24.8 Å². The van der Waals surface area contributed by atoms with Gasteiger partial charge in [-0.3, -0.25) is 4.79 Å². The molecule has 0 saturated carbocycles. The van der Waals surface area contributed by atoms with Gasteiger partial charge in [-0.05, 0) is 56.4 Å². The lowest BCUT2D eigenvalue weighted by atomic mass is 10.0. The van der Waals surface area contributed by atoms with Crippen LogP contribution in [0.3, 0.4) is 0 Å². The van der Waals surface area contributed by atoms with Crippen LogP contribution in [0.5, 0.6) is 0 Å². The average Bonchev–Trinajstić information content (AvgIpc) is 2.92. The van der Waals surface area contributed by atoms with Gasteiger partial charge in [0.05, 0.1) is 11.7 Å². The molecule has 2 N–H and O–H groups in total. The van der Waals surface area contributed by atoms with Crippen molar-refractivity contribution in [1.29, 1.82) is 0 Å². The zero-order chi connectivity index (χ0) is 15.0. The molecule has 1 aromatic rings. The fraction of sp³-hybridized carbons (Fsp3) is 0.588. The minimum absolute atomic E-state index is 0.0767. The number of amides is 1. The van der Waals surface area contributed by atoms with E-state index in [4.69, 9.17) is 10.5 Å². The molecule has 1 aromatic carbocycles. The van der Waals surface area contributed by atoms with Gasteiger partial charge in [-0.25, -0.2) is 0 Å². The van der Waals surface area contributed by atoms with E-state index in [-0.39, 0.29) is 17.6 Å². The zero-order valence-corrected chi connectivity index (χ0v) is 12.9. The van der Waals surface area contributed by atoms with Crippen LogP contribution in [0.1, 0.15) is 41.8 Å². The van der Waals surface area contributed by atoms with Crippen molar-refractivity contribution in [3.05, 3.63) is 34.9 Å². The molecule has 1 heterocycles. The van der Waals surface area contributed by atoms with Gasteiger partial charge in [0.1, 0.15) is 0 Å². The highest BCUT2D eigenvalue weighted by Crippen LogP contribution is 2.26. The summed E-state index contributed by atoms with van der Waals surface area (Å²) in [5, 5.41) is 0. The lowest BCUT2D eigenvalue weighted by Crippen LogP contribution is -2.56. The summed E-state index contributed by atoms with van der Waals surface area (Å²) in [4.78, 5) is 14.7. The number of morpholine rings is 1. The molecule has 114 valence electrons. The van der Waals surface area contributed by atoms with Crippen molar-refractivity contribution in [2.45, 2.75) is 44.8 Å². The Morgan fingerprint density at radius 1 is 1.38 bits per heavy atom. The first-order chi connectivity index (χ1) is 9.98. The van der Waals surface area contributed by atoms with Crippen LogP contribution in [0.25, 0.3) is 0 Å². The molecule has 1 amide bonds. The van der Waals surface area contributed by atoms with E-state index in [0.717, 1.165) is 18.4 Å². The summed E-state index contributed by atoms with van der Waals surface area (Å²) < 4.78 is 5.89. The number of rotatable bonds is 2. The molecule has 0 radical (unpaired) electrons. The summed E-state index contributed by atoms with van der Waals surface area (Å²) in [6.07, 6.45) is 3.36. The summed E-state index contributed by atoms with van der Waals surface area (Å²) in [5.74, 6) is 0.0968. The Morgan fingerprint density at radius 3 is 2.90 bits per heavy atom. The molecule has 1 atom stereocenters. The van der Waals surface area contributed by atoms with Crippen LogP contribution in [-0.4, -0.2) is 42.1 Å². The van der Waals surface area contributed by atoms with E-state index in [0.29, 0.717) is 19.6 Å². The Bertz CT molecular complexity index is 554. The van der Waals surface area contributed by atoms with Crippen LogP contribution < -0.4 is 5.73 Å². The number of ether oxygens (including phenoxy) is 1. The summed E-state index contributed by atoms with van der Waals surface area (Å²) in [6, 6.07) is 6.15. The van der Waals surface area contributed by atoms with Crippen LogP contribution >= 0.6 is 0 Å². The second-order valence-electron chi connectivity index (χ2n) is 6.76.